The van der Waals surface area contributed by atoms with E-state index in [0.29, 0.717) is 28.5 Å². The molecule has 0 saturated carbocycles. The van der Waals surface area contributed by atoms with Crippen LogP contribution >= 0.6 is 11.3 Å². The van der Waals surface area contributed by atoms with Crippen LogP contribution in [-0.2, 0) is 0 Å². The number of rotatable bonds is 6. The SMILES string of the molecule is C=CCNC(=O)c1sc(NCC=C(C)C)c(C#N)c1N. The summed E-state index contributed by atoms with van der Waals surface area (Å²) in [4.78, 5) is 12.3. The number of amides is 1. The zero-order chi connectivity index (χ0) is 15.1. The standard InChI is InChI=1S/C14H18N4OS/c1-4-6-17-13(19)12-11(16)10(8-15)14(20-12)18-7-5-9(2)3/h4-5,18H,1,6-7,16H2,2-3H3,(H,17,19). The fraction of sp³-hybridized carbons (Fsp3) is 0.286. The van der Waals surface area contributed by atoms with E-state index in [9.17, 15) is 4.79 Å². The van der Waals surface area contributed by atoms with Gasteiger partial charge in [-0.15, -0.1) is 17.9 Å². The minimum atomic E-state index is -0.292. The Labute approximate surface area is 122 Å². The van der Waals surface area contributed by atoms with Crippen LogP contribution in [0, 0.1) is 11.3 Å². The monoisotopic (exact) mass is 290 g/mol. The van der Waals surface area contributed by atoms with Crippen LogP contribution in [0.4, 0.5) is 10.7 Å². The van der Waals surface area contributed by atoms with Crippen LogP contribution in [0.25, 0.3) is 0 Å². The van der Waals surface area contributed by atoms with Gasteiger partial charge < -0.3 is 16.4 Å². The number of nitrogens with two attached hydrogens (primary N) is 1. The minimum absolute atomic E-state index is 0.221. The van der Waals surface area contributed by atoms with Crippen LogP contribution in [0.5, 0.6) is 0 Å². The maximum Gasteiger partial charge on any atom is 0.263 e. The fourth-order valence-corrected chi connectivity index (χ4v) is 2.44. The molecule has 20 heavy (non-hydrogen) atoms. The number of thiophene rings is 1. The molecular formula is C14H18N4OS. The number of hydrogen-bond acceptors (Lipinski definition) is 5. The van der Waals surface area contributed by atoms with Gasteiger partial charge in [0.1, 0.15) is 21.5 Å². The van der Waals surface area contributed by atoms with Crippen molar-refractivity contribution in [2.45, 2.75) is 13.8 Å². The number of allylic oxidation sites excluding steroid dienone is 1. The lowest BCUT2D eigenvalue weighted by atomic mass is 10.2. The highest BCUT2D eigenvalue weighted by Crippen LogP contribution is 2.34. The zero-order valence-electron chi connectivity index (χ0n) is 11.6. The van der Waals surface area contributed by atoms with E-state index in [2.05, 4.69) is 17.2 Å². The molecule has 1 rings (SSSR count). The Morgan fingerprint density at radius 2 is 2.20 bits per heavy atom. The number of nitriles is 1. The third kappa shape index (κ3) is 3.87. The van der Waals surface area contributed by atoms with Gasteiger partial charge in [0, 0.05) is 13.1 Å². The summed E-state index contributed by atoms with van der Waals surface area (Å²) in [5.41, 5.74) is 7.58. The third-order valence-electron chi connectivity index (χ3n) is 2.44. The summed E-state index contributed by atoms with van der Waals surface area (Å²) in [5, 5.41) is 15.5. The van der Waals surface area contributed by atoms with E-state index in [1.165, 1.54) is 16.9 Å². The molecule has 0 unspecified atom stereocenters. The Morgan fingerprint density at radius 3 is 2.75 bits per heavy atom. The maximum absolute atomic E-state index is 11.9. The van der Waals surface area contributed by atoms with E-state index in [0.717, 1.165) is 0 Å². The second-order valence-corrected chi connectivity index (χ2v) is 5.34. The summed E-state index contributed by atoms with van der Waals surface area (Å²) in [5.74, 6) is -0.292. The first-order chi connectivity index (χ1) is 9.51. The number of nitrogen functional groups attached to an aromatic ring is 1. The predicted octanol–water partition coefficient (Wildman–Crippen LogP) is 2.50. The largest absolute Gasteiger partial charge is 0.396 e. The zero-order valence-corrected chi connectivity index (χ0v) is 12.4. The lowest BCUT2D eigenvalue weighted by molar-refractivity contribution is 0.0963. The summed E-state index contributed by atoms with van der Waals surface area (Å²) >= 11 is 1.19. The van der Waals surface area contributed by atoms with Crippen molar-refractivity contribution in [3.8, 4) is 6.07 Å². The Bertz CT molecular complexity index is 577. The van der Waals surface area contributed by atoms with Crippen molar-refractivity contribution >= 4 is 27.9 Å². The normalized spacial score (nSPS) is 9.45. The van der Waals surface area contributed by atoms with E-state index in [-0.39, 0.29) is 11.6 Å². The quantitative estimate of drug-likeness (QED) is 0.702. The fourth-order valence-electron chi connectivity index (χ4n) is 1.44. The molecule has 1 aromatic heterocycles. The first kappa shape index (κ1) is 15.8. The van der Waals surface area contributed by atoms with Crippen molar-refractivity contribution in [3.63, 3.8) is 0 Å². The van der Waals surface area contributed by atoms with Crippen molar-refractivity contribution in [1.82, 2.24) is 5.32 Å². The third-order valence-corrected chi connectivity index (χ3v) is 3.61. The first-order valence-electron chi connectivity index (χ1n) is 6.10. The van der Waals surface area contributed by atoms with Crippen LogP contribution in [0.3, 0.4) is 0 Å². The lowest BCUT2D eigenvalue weighted by Gasteiger charge is -2.00. The number of anilines is 2. The maximum atomic E-state index is 11.9. The molecule has 0 aliphatic rings. The number of nitrogens with one attached hydrogen (secondary N) is 2. The average Bonchev–Trinajstić information content (AvgIpc) is 2.72. The molecule has 0 spiro atoms. The highest BCUT2D eigenvalue weighted by Gasteiger charge is 2.20. The van der Waals surface area contributed by atoms with E-state index in [4.69, 9.17) is 11.0 Å². The highest BCUT2D eigenvalue weighted by atomic mass is 32.1. The molecule has 4 N–H and O–H groups in total. The van der Waals surface area contributed by atoms with Gasteiger partial charge in [-0.2, -0.15) is 5.26 Å². The Balaban J connectivity index is 2.97. The smallest absolute Gasteiger partial charge is 0.263 e. The Morgan fingerprint density at radius 1 is 1.50 bits per heavy atom. The summed E-state index contributed by atoms with van der Waals surface area (Å²) in [6, 6.07) is 2.04. The van der Waals surface area contributed by atoms with Crippen LogP contribution < -0.4 is 16.4 Å². The summed E-state index contributed by atoms with van der Waals surface area (Å²) < 4.78 is 0. The molecule has 106 valence electrons. The van der Waals surface area contributed by atoms with Crippen LogP contribution in [-0.4, -0.2) is 19.0 Å². The second-order valence-electron chi connectivity index (χ2n) is 4.32. The second kappa shape index (κ2) is 7.36. The molecule has 1 amide bonds. The molecule has 0 radical (unpaired) electrons. The van der Waals surface area contributed by atoms with E-state index in [1.54, 1.807) is 6.08 Å². The van der Waals surface area contributed by atoms with Crippen molar-refractivity contribution < 1.29 is 4.79 Å². The van der Waals surface area contributed by atoms with Gasteiger partial charge in [0.15, 0.2) is 0 Å². The van der Waals surface area contributed by atoms with Crippen molar-refractivity contribution in [2.75, 3.05) is 24.1 Å². The molecule has 0 saturated heterocycles. The van der Waals surface area contributed by atoms with Gasteiger partial charge in [-0.25, -0.2) is 0 Å². The molecule has 0 aliphatic heterocycles. The van der Waals surface area contributed by atoms with Crippen LogP contribution in [0.1, 0.15) is 29.1 Å². The minimum Gasteiger partial charge on any atom is -0.396 e. The number of carbonyl (C=O) groups is 1. The molecule has 6 heteroatoms. The van der Waals surface area contributed by atoms with Crippen LogP contribution in [0.15, 0.2) is 24.3 Å². The van der Waals surface area contributed by atoms with Crippen molar-refractivity contribution in [1.29, 1.82) is 5.26 Å². The van der Waals surface area contributed by atoms with Gasteiger partial charge in [-0.3, -0.25) is 4.79 Å². The molecule has 0 fully saturated rings. The number of carbonyl (C=O) groups excluding carboxylic acids is 1. The first-order valence-corrected chi connectivity index (χ1v) is 6.91. The van der Waals surface area contributed by atoms with Crippen LogP contribution in [0.2, 0.25) is 0 Å². The molecule has 0 bridgehead atoms. The molecule has 1 heterocycles. The highest BCUT2D eigenvalue weighted by molar-refractivity contribution is 7.18. The number of hydrogen-bond donors (Lipinski definition) is 3. The molecule has 1 aromatic rings. The van der Waals surface area contributed by atoms with Gasteiger partial charge >= 0.3 is 0 Å². The van der Waals surface area contributed by atoms with Gasteiger partial charge in [0.05, 0.1) is 5.69 Å². The summed E-state index contributed by atoms with van der Waals surface area (Å²) in [7, 11) is 0. The molecule has 0 aliphatic carbocycles. The Hall–Kier alpha value is -2.26. The molecule has 0 aromatic carbocycles. The molecular weight excluding hydrogens is 272 g/mol. The van der Waals surface area contributed by atoms with Gasteiger partial charge in [0.2, 0.25) is 0 Å². The number of nitrogens with zero attached hydrogens (tertiary/aromatic N) is 1. The predicted molar refractivity (Wildman–Crippen MR) is 83.9 cm³/mol. The van der Waals surface area contributed by atoms with Crippen molar-refractivity contribution in [2.24, 2.45) is 0 Å². The Kier molecular flexibility index (Phi) is 5.81. The lowest BCUT2D eigenvalue weighted by Crippen LogP contribution is -2.23. The van der Waals surface area contributed by atoms with Gasteiger partial charge in [-0.1, -0.05) is 17.7 Å². The topological polar surface area (TPSA) is 90.9 Å². The van der Waals surface area contributed by atoms with Gasteiger partial charge in [-0.05, 0) is 13.8 Å². The average molecular weight is 290 g/mol. The molecule has 0 atom stereocenters. The molecule has 5 nitrogen and oxygen atoms in total. The summed E-state index contributed by atoms with van der Waals surface area (Å²) in [6.45, 7) is 8.46. The summed E-state index contributed by atoms with van der Waals surface area (Å²) in [6.07, 6.45) is 3.58. The van der Waals surface area contributed by atoms with E-state index in [1.807, 2.05) is 26.0 Å². The van der Waals surface area contributed by atoms with Crippen molar-refractivity contribution in [3.05, 3.63) is 34.7 Å². The van der Waals surface area contributed by atoms with E-state index < -0.39 is 0 Å². The van der Waals surface area contributed by atoms with E-state index >= 15 is 0 Å². The van der Waals surface area contributed by atoms with Gasteiger partial charge in [0.25, 0.3) is 5.91 Å².